The Kier molecular flexibility index (Phi) is 6.33. The van der Waals surface area contributed by atoms with Crippen LogP contribution >= 0.6 is 11.3 Å². The van der Waals surface area contributed by atoms with Gasteiger partial charge in [-0.25, -0.2) is 13.8 Å². The van der Waals surface area contributed by atoms with E-state index < -0.39 is 11.6 Å². The number of halogens is 2. The molecule has 0 fully saturated rings. The van der Waals surface area contributed by atoms with Crippen LogP contribution in [-0.4, -0.2) is 36.5 Å². The number of rotatable bonds is 7. The number of ether oxygens (including phenoxy) is 1. The number of carbonyl (C=O) groups excluding carboxylic acids is 1. The Morgan fingerprint density at radius 2 is 2.04 bits per heavy atom. The summed E-state index contributed by atoms with van der Waals surface area (Å²) in [5.41, 5.74) is 1.96. The van der Waals surface area contributed by atoms with Gasteiger partial charge in [-0.2, -0.15) is 0 Å². The highest BCUT2D eigenvalue weighted by Gasteiger charge is 2.12. The molecule has 1 aromatic heterocycles. The number of benzene rings is 2. The molecule has 0 spiro atoms. The molecular weight excluding hydrogens is 384 g/mol. The zero-order valence-corrected chi connectivity index (χ0v) is 16.2. The maximum Gasteiger partial charge on any atom is 0.240 e. The number of aromatic nitrogens is 1. The van der Waals surface area contributed by atoms with E-state index in [2.05, 4.69) is 10.3 Å². The summed E-state index contributed by atoms with van der Waals surface area (Å²) in [6.07, 6.45) is 0. The molecule has 3 aromatic rings. The zero-order chi connectivity index (χ0) is 20.1. The number of methoxy groups -OCH3 is 1. The summed E-state index contributed by atoms with van der Waals surface area (Å²) in [5, 5.41) is 4.82. The van der Waals surface area contributed by atoms with E-state index in [0.717, 1.165) is 23.4 Å². The summed E-state index contributed by atoms with van der Waals surface area (Å²) < 4.78 is 31.6. The van der Waals surface area contributed by atoms with Crippen LogP contribution in [0.15, 0.2) is 47.8 Å². The zero-order valence-electron chi connectivity index (χ0n) is 15.4. The van der Waals surface area contributed by atoms with Gasteiger partial charge in [-0.15, -0.1) is 11.3 Å². The maximum absolute atomic E-state index is 13.4. The molecule has 3 rings (SSSR count). The number of hydrogen-bond acceptors (Lipinski definition) is 5. The molecule has 0 unspecified atom stereocenters. The first kappa shape index (κ1) is 19.9. The summed E-state index contributed by atoms with van der Waals surface area (Å²) in [6, 6.07) is 11.2. The number of amides is 1. The Morgan fingerprint density at radius 1 is 1.21 bits per heavy atom. The van der Waals surface area contributed by atoms with Crippen LogP contribution in [0.4, 0.5) is 13.9 Å². The molecule has 28 heavy (non-hydrogen) atoms. The first-order valence-electron chi connectivity index (χ1n) is 8.47. The van der Waals surface area contributed by atoms with E-state index in [9.17, 15) is 13.6 Å². The van der Waals surface area contributed by atoms with Crippen molar-refractivity contribution in [3.8, 4) is 17.0 Å². The topological polar surface area (TPSA) is 54.5 Å². The molecule has 1 heterocycles. The van der Waals surface area contributed by atoms with Crippen molar-refractivity contribution in [3.05, 3.63) is 65.0 Å². The van der Waals surface area contributed by atoms with Crippen LogP contribution in [0.2, 0.25) is 0 Å². The summed E-state index contributed by atoms with van der Waals surface area (Å²) in [5.74, 6) is -1.29. The van der Waals surface area contributed by atoms with E-state index >= 15 is 0 Å². The summed E-state index contributed by atoms with van der Waals surface area (Å²) in [4.78, 5) is 18.4. The average molecular weight is 403 g/mol. The normalized spacial score (nSPS) is 10.9. The Bertz CT molecular complexity index is 978. The van der Waals surface area contributed by atoms with E-state index in [1.807, 2.05) is 36.2 Å². The van der Waals surface area contributed by atoms with Crippen molar-refractivity contribution in [2.45, 2.75) is 6.54 Å². The smallest absolute Gasteiger partial charge is 0.240 e. The molecule has 5 nitrogen and oxygen atoms in total. The third kappa shape index (κ3) is 5.11. The Labute approximate surface area is 165 Å². The lowest BCUT2D eigenvalue weighted by Gasteiger charge is -2.16. The standard InChI is InChI=1S/C20H19F2N3O2S/c1-25(10-13-4-3-5-15(8-13)27-2)11-19(26)24-20-23-18(12-28-20)14-6-7-16(21)17(22)9-14/h3-9,12H,10-11H2,1-2H3,(H,23,24,26). The van der Waals surface area contributed by atoms with Crippen molar-refractivity contribution in [1.82, 2.24) is 9.88 Å². The van der Waals surface area contributed by atoms with Crippen LogP contribution in [0.25, 0.3) is 11.3 Å². The van der Waals surface area contributed by atoms with Crippen molar-refractivity contribution in [2.24, 2.45) is 0 Å². The maximum atomic E-state index is 13.4. The first-order chi connectivity index (χ1) is 13.4. The quantitative estimate of drug-likeness (QED) is 0.643. The lowest BCUT2D eigenvalue weighted by atomic mass is 10.2. The third-order valence-electron chi connectivity index (χ3n) is 3.97. The summed E-state index contributed by atoms with van der Waals surface area (Å²) >= 11 is 1.22. The van der Waals surface area contributed by atoms with Crippen molar-refractivity contribution < 1.29 is 18.3 Å². The molecule has 0 saturated carbocycles. The van der Waals surface area contributed by atoms with Crippen LogP contribution in [0, 0.1) is 11.6 Å². The number of anilines is 1. The predicted octanol–water partition coefficient (Wildman–Crippen LogP) is 4.17. The second kappa shape index (κ2) is 8.90. The molecule has 0 saturated heterocycles. The fraction of sp³-hybridized carbons (Fsp3) is 0.200. The van der Waals surface area contributed by atoms with Gasteiger partial charge in [-0.3, -0.25) is 9.69 Å². The molecule has 0 atom stereocenters. The molecular formula is C20H19F2N3O2S. The minimum Gasteiger partial charge on any atom is -0.497 e. The highest BCUT2D eigenvalue weighted by Crippen LogP contribution is 2.26. The number of nitrogens with zero attached hydrogens (tertiary/aromatic N) is 2. The van der Waals surface area contributed by atoms with E-state index in [-0.39, 0.29) is 12.5 Å². The van der Waals surface area contributed by atoms with Gasteiger partial charge in [0.1, 0.15) is 5.75 Å². The summed E-state index contributed by atoms with van der Waals surface area (Å²) in [6.45, 7) is 0.764. The molecule has 146 valence electrons. The highest BCUT2D eigenvalue weighted by atomic mass is 32.1. The second-order valence-electron chi connectivity index (χ2n) is 6.24. The number of nitrogens with one attached hydrogen (secondary N) is 1. The van der Waals surface area contributed by atoms with Gasteiger partial charge in [-0.05, 0) is 42.9 Å². The SMILES string of the molecule is COc1cccc(CN(C)CC(=O)Nc2nc(-c3ccc(F)c(F)c3)cs2)c1. The van der Waals surface area contributed by atoms with Gasteiger partial charge in [0, 0.05) is 17.5 Å². The van der Waals surface area contributed by atoms with Crippen molar-refractivity contribution in [3.63, 3.8) is 0 Å². The number of thiazole rings is 1. The predicted molar refractivity (Wildman–Crippen MR) is 105 cm³/mol. The van der Waals surface area contributed by atoms with Gasteiger partial charge in [0.15, 0.2) is 16.8 Å². The minimum atomic E-state index is -0.935. The molecule has 0 bridgehead atoms. The van der Waals surface area contributed by atoms with Crippen molar-refractivity contribution in [1.29, 1.82) is 0 Å². The van der Waals surface area contributed by atoms with Crippen molar-refractivity contribution in [2.75, 3.05) is 26.0 Å². The minimum absolute atomic E-state index is 0.178. The summed E-state index contributed by atoms with van der Waals surface area (Å²) in [7, 11) is 3.45. The lowest BCUT2D eigenvalue weighted by molar-refractivity contribution is -0.117. The van der Waals surface area contributed by atoms with Gasteiger partial charge in [-0.1, -0.05) is 12.1 Å². The van der Waals surface area contributed by atoms with E-state index in [4.69, 9.17) is 4.74 Å². The molecule has 0 aliphatic rings. The highest BCUT2D eigenvalue weighted by molar-refractivity contribution is 7.14. The van der Waals surface area contributed by atoms with Gasteiger partial charge in [0.25, 0.3) is 0 Å². The van der Waals surface area contributed by atoms with Crippen LogP contribution in [-0.2, 0) is 11.3 Å². The fourth-order valence-electron chi connectivity index (χ4n) is 2.66. The van der Waals surface area contributed by atoms with Crippen LogP contribution < -0.4 is 10.1 Å². The molecule has 0 aliphatic carbocycles. The molecule has 2 aromatic carbocycles. The Balaban J connectivity index is 1.57. The van der Waals surface area contributed by atoms with Crippen LogP contribution in [0.1, 0.15) is 5.56 Å². The van der Waals surface area contributed by atoms with E-state index in [0.29, 0.717) is 22.9 Å². The Morgan fingerprint density at radius 3 is 2.79 bits per heavy atom. The molecule has 0 radical (unpaired) electrons. The van der Waals surface area contributed by atoms with E-state index in [1.165, 1.54) is 17.4 Å². The third-order valence-corrected chi connectivity index (χ3v) is 4.72. The van der Waals surface area contributed by atoms with E-state index in [1.54, 1.807) is 12.5 Å². The average Bonchev–Trinajstić information content (AvgIpc) is 3.12. The van der Waals surface area contributed by atoms with Gasteiger partial charge >= 0.3 is 0 Å². The monoisotopic (exact) mass is 403 g/mol. The lowest BCUT2D eigenvalue weighted by Crippen LogP contribution is -2.29. The van der Waals surface area contributed by atoms with Gasteiger partial charge in [0.2, 0.25) is 5.91 Å². The van der Waals surface area contributed by atoms with Gasteiger partial charge < -0.3 is 10.1 Å². The van der Waals surface area contributed by atoms with Crippen molar-refractivity contribution >= 4 is 22.4 Å². The first-order valence-corrected chi connectivity index (χ1v) is 9.35. The molecule has 1 amide bonds. The number of likely N-dealkylation sites (N-methyl/N-ethyl adjacent to an activating group) is 1. The largest absolute Gasteiger partial charge is 0.497 e. The van der Waals surface area contributed by atoms with Crippen LogP contribution in [0.5, 0.6) is 5.75 Å². The van der Waals surface area contributed by atoms with Crippen LogP contribution in [0.3, 0.4) is 0 Å². The fourth-order valence-corrected chi connectivity index (χ4v) is 3.40. The second-order valence-corrected chi connectivity index (χ2v) is 7.10. The number of hydrogen-bond donors (Lipinski definition) is 1. The molecule has 8 heteroatoms. The number of carbonyl (C=O) groups is 1. The molecule has 0 aliphatic heterocycles. The van der Waals surface area contributed by atoms with Gasteiger partial charge in [0.05, 0.1) is 19.3 Å². The molecule has 1 N–H and O–H groups in total. The Hall–Kier alpha value is -2.84.